The molecule has 37 heavy (non-hydrogen) atoms. The molecular formula is C31H43N3O3. The number of rotatable bonds is 8. The molecule has 1 saturated carbocycles. The predicted octanol–water partition coefficient (Wildman–Crippen LogP) is 4.55. The minimum absolute atomic E-state index is 0.0968. The number of urea groups is 1. The summed E-state index contributed by atoms with van der Waals surface area (Å²) in [7, 11) is 0. The van der Waals surface area contributed by atoms with Crippen LogP contribution in [0.5, 0.6) is 0 Å². The van der Waals surface area contributed by atoms with E-state index in [1.54, 1.807) is 0 Å². The molecule has 0 radical (unpaired) electrons. The molecule has 5 rings (SSSR count). The standard InChI is InChI=1S/C31H43N3O3/c1-22(31(37,24-8-4-2-5-9-24)25-10-6-3-7-11-25)32-30(36)33-26-14-12-23(13-15-26)18-19-34-27-16-17-28(34)21-29(35)20-27/h2-11,22-23,26-29,35,37H,12-21H2,1H3,(H2,32,33,36)/t22-,23?,26?,27-,28+,29?/m0/s1. The van der Waals surface area contributed by atoms with Gasteiger partial charge in [-0.3, -0.25) is 4.90 Å². The van der Waals surface area contributed by atoms with Crippen molar-refractivity contribution >= 4 is 6.03 Å². The average molecular weight is 506 g/mol. The molecule has 4 N–H and O–H groups in total. The van der Waals surface area contributed by atoms with Gasteiger partial charge in [0.2, 0.25) is 0 Å². The zero-order valence-corrected chi connectivity index (χ0v) is 22.1. The highest BCUT2D eigenvalue weighted by molar-refractivity contribution is 5.75. The van der Waals surface area contributed by atoms with Gasteiger partial charge in [0.15, 0.2) is 0 Å². The summed E-state index contributed by atoms with van der Waals surface area (Å²) in [5, 5.41) is 28.2. The second-order valence-electron chi connectivity index (χ2n) is 11.6. The number of hydrogen-bond donors (Lipinski definition) is 4. The number of nitrogens with one attached hydrogen (secondary N) is 2. The number of carbonyl (C=O) groups excluding carboxylic acids is 1. The van der Waals surface area contributed by atoms with Crippen LogP contribution in [0.3, 0.4) is 0 Å². The van der Waals surface area contributed by atoms with Gasteiger partial charge in [0, 0.05) is 18.1 Å². The third kappa shape index (κ3) is 5.87. The summed E-state index contributed by atoms with van der Waals surface area (Å²) < 4.78 is 0. The van der Waals surface area contributed by atoms with E-state index in [-0.39, 0.29) is 18.2 Å². The fourth-order valence-corrected chi connectivity index (χ4v) is 7.12. The van der Waals surface area contributed by atoms with Crippen LogP contribution in [-0.4, -0.2) is 58.0 Å². The summed E-state index contributed by atoms with van der Waals surface area (Å²) in [6, 6.07) is 19.7. The SMILES string of the molecule is C[C@H](NC(=O)NC1CCC(CCN2[C@@H]3CC[C@H]2CC(O)C3)CC1)C(O)(c1ccccc1)c1ccccc1. The monoisotopic (exact) mass is 505 g/mol. The van der Waals surface area contributed by atoms with Crippen LogP contribution < -0.4 is 10.6 Å². The second-order valence-corrected chi connectivity index (χ2v) is 11.6. The van der Waals surface area contributed by atoms with E-state index < -0.39 is 11.6 Å². The molecule has 2 saturated heterocycles. The summed E-state index contributed by atoms with van der Waals surface area (Å²) >= 11 is 0. The summed E-state index contributed by atoms with van der Waals surface area (Å²) in [6.07, 6.45) is 9.80. The lowest BCUT2D eigenvalue weighted by atomic mass is 9.81. The summed E-state index contributed by atoms with van der Waals surface area (Å²) in [5.41, 5.74) is 0.179. The van der Waals surface area contributed by atoms with Crippen molar-refractivity contribution in [2.24, 2.45) is 5.92 Å². The molecule has 2 aromatic carbocycles. The van der Waals surface area contributed by atoms with E-state index in [4.69, 9.17) is 0 Å². The number of benzene rings is 2. The van der Waals surface area contributed by atoms with Crippen LogP contribution in [0.25, 0.3) is 0 Å². The molecule has 1 aliphatic carbocycles. The van der Waals surface area contributed by atoms with Crippen molar-refractivity contribution < 1.29 is 15.0 Å². The molecule has 2 aromatic rings. The Morgan fingerprint density at radius 2 is 1.46 bits per heavy atom. The molecule has 2 amide bonds. The van der Waals surface area contributed by atoms with Crippen LogP contribution in [-0.2, 0) is 5.60 Å². The molecule has 4 atom stereocenters. The number of nitrogens with zero attached hydrogens (tertiary/aromatic N) is 1. The fourth-order valence-electron chi connectivity index (χ4n) is 7.12. The molecule has 0 spiro atoms. The minimum atomic E-state index is -1.33. The van der Waals surface area contributed by atoms with Crippen molar-refractivity contribution in [3.05, 3.63) is 71.8 Å². The molecule has 3 fully saturated rings. The van der Waals surface area contributed by atoms with Gasteiger partial charge in [0.1, 0.15) is 5.60 Å². The molecule has 2 heterocycles. The quantitative estimate of drug-likeness (QED) is 0.424. The molecule has 0 aromatic heterocycles. The van der Waals surface area contributed by atoms with Gasteiger partial charge in [-0.15, -0.1) is 0 Å². The Kier molecular flexibility index (Phi) is 8.18. The Hall–Kier alpha value is -2.41. The normalized spacial score (nSPS) is 29.0. The maximum absolute atomic E-state index is 13.0. The largest absolute Gasteiger partial charge is 0.393 e. The Morgan fingerprint density at radius 3 is 2.00 bits per heavy atom. The Bertz CT molecular complexity index is 955. The second kappa shape index (κ2) is 11.5. The minimum Gasteiger partial charge on any atom is -0.393 e. The number of amides is 2. The van der Waals surface area contributed by atoms with Gasteiger partial charge in [0.25, 0.3) is 0 Å². The maximum atomic E-state index is 13.0. The molecule has 6 nitrogen and oxygen atoms in total. The van der Waals surface area contributed by atoms with Gasteiger partial charge in [0.05, 0.1) is 12.1 Å². The molecular weight excluding hydrogens is 462 g/mol. The number of aliphatic hydroxyl groups is 2. The molecule has 6 heteroatoms. The maximum Gasteiger partial charge on any atom is 0.315 e. The van der Waals surface area contributed by atoms with Crippen molar-refractivity contribution in [2.45, 2.75) is 101 Å². The van der Waals surface area contributed by atoms with Crippen LogP contribution >= 0.6 is 0 Å². The van der Waals surface area contributed by atoms with Crippen molar-refractivity contribution in [3.63, 3.8) is 0 Å². The van der Waals surface area contributed by atoms with Crippen LogP contribution in [0.2, 0.25) is 0 Å². The molecule has 3 aliphatic rings. The van der Waals surface area contributed by atoms with E-state index in [1.807, 2.05) is 67.6 Å². The third-order valence-corrected chi connectivity index (χ3v) is 9.24. The van der Waals surface area contributed by atoms with E-state index in [9.17, 15) is 15.0 Å². The van der Waals surface area contributed by atoms with Crippen molar-refractivity contribution in [1.29, 1.82) is 0 Å². The topological polar surface area (TPSA) is 84.8 Å². The molecule has 200 valence electrons. The lowest BCUT2D eigenvalue weighted by Crippen LogP contribution is -2.54. The first-order valence-corrected chi connectivity index (χ1v) is 14.3. The zero-order valence-electron chi connectivity index (χ0n) is 22.1. The van der Waals surface area contributed by atoms with Crippen LogP contribution in [0.1, 0.15) is 75.8 Å². The van der Waals surface area contributed by atoms with Crippen molar-refractivity contribution in [3.8, 4) is 0 Å². The van der Waals surface area contributed by atoms with Crippen LogP contribution in [0, 0.1) is 5.92 Å². The number of hydrogen-bond acceptors (Lipinski definition) is 4. The first-order chi connectivity index (χ1) is 17.9. The number of carbonyl (C=O) groups is 1. The third-order valence-electron chi connectivity index (χ3n) is 9.24. The highest BCUT2D eigenvalue weighted by Crippen LogP contribution is 2.37. The van der Waals surface area contributed by atoms with Gasteiger partial charge >= 0.3 is 6.03 Å². The molecule has 1 unspecified atom stereocenters. The molecule has 2 aliphatic heterocycles. The predicted molar refractivity (Wildman–Crippen MR) is 146 cm³/mol. The highest BCUT2D eigenvalue weighted by atomic mass is 16.3. The van der Waals surface area contributed by atoms with Crippen molar-refractivity contribution in [1.82, 2.24) is 15.5 Å². The highest BCUT2D eigenvalue weighted by Gasteiger charge is 2.41. The smallest absolute Gasteiger partial charge is 0.315 e. The summed E-state index contributed by atoms with van der Waals surface area (Å²) in [4.78, 5) is 15.7. The lowest BCUT2D eigenvalue weighted by molar-refractivity contribution is 0.0314. The van der Waals surface area contributed by atoms with E-state index in [2.05, 4.69) is 15.5 Å². The van der Waals surface area contributed by atoms with Crippen molar-refractivity contribution in [2.75, 3.05) is 6.54 Å². The van der Waals surface area contributed by atoms with Gasteiger partial charge in [-0.2, -0.15) is 0 Å². The van der Waals surface area contributed by atoms with Gasteiger partial charge in [-0.25, -0.2) is 4.79 Å². The summed E-state index contributed by atoms with van der Waals surface area (Å²) in [5.74, 6) is 0.715. The van der Waals surface area contributed by atoms with E-state index in [1.165, 1.54) is 19.3 Å². The Labute approximate surface area is 221 Å². The lowest BCUT2D eigenvalue weighted by Gasteiger charge is -2.38. The van der Waals surface area contributed by atoms with Crippen LogP contribution in [0.15, 0.2) is 60.7 Å². The van der Waals surface area contributed by atoms with Gasteiger partial charge < -0.3 is 20.8 Å². The number of fused-ring (bicyclic) bond motifs is 2. The van der Waals surface area contributed by atoms with E-state index in [0.29, 0.717) is 18.0 Å². The zero-order chi connectivity index (χ0) is 25.8. The first kappa shape index (κ1) is 26.2. The van der Waals surface area contributed by atoms with Gasteiger partial charge in [-0.05, 0) is 88.3 Å². The Morgan fingerprint density at radius 1 is 0.919 bits per heavy atom. The summed E-state index contributed by atoms with van der Waals surface area (Å²) in [6.45, 7) is 3.02. The van der Waals surface area contributed by atoms with E-state index in [0.717, 1.165) is 56.2 Å². The van der Waals surface area contributed by atoms with Gasteiger partial charge in [-0.1, -0.05) is 60.7 Å². The number of piperidine rings is 1. The fraction of sp³-hybridized carbons (Fsp3) is 0.581. The van der Waals surface area contributed by atoms with E-state index >= 15 is 0 Å². The Balaban J connectivity index is 1.11. The average Bonchev–Trinajstić information content (AvgIpc) is 3.17. The number of aliphatic hydroxyl groups excluding tert-OH is 1. The first-order valence-electron chi connectivity index (χ1n) is 14.3. The molecule has 2 bridgehead atoms. The van der Waals surface area contributed by atoms with Crippen LogP contribution in [0.4, 0.5) is 4.79 Å².